The fourth-order valence-corrected chi connectivity index (χ4v) is 4.97. The van der Waals surface area contributed by atoms with Crippen LogP contribution < -0.4 is 10.6 Å². The molecule has 2 N–H and O–H groups in total. The van der Waals surface area contributed by atoms with E-state index in [0.717, 1.165) is 36.4 Å². The highest BCUT2D eigenvalue weighted by Gasteiger charge is 2.38. The number of benzene rings is 1. The summed E-state index contributed by atoms with van der Waals surface area (Å²) >= 11 is 0. The highest BCUT2D eigenvalue weighted by atomic mass is 19.4. The molecule has 2 aliphatic heterocycles. The Labute approximate surface area is 228 Å². The summed E-state index contributed by atoms with van der Waals surface area (Å²) in [5, 5.41) is 13.4. The van der Waals surface area contributed by atoms with Gasteiger partial charge in [0.15, 0.2) is 0 Å². The third kappa shape index (κ3) is 5.55. The van der Waals surface area contributed by atoms with Crippen LogP contribution in [0.4, 0.5) is 19.0 Å². The van der Waals surface area contributed by atoms with Crippen molar-refractivity contribution < 1.29 is 27.6 Å². The summed E-state index contributed by atoms with van der Waals surface area (Å²) in [5.74, 6) is -1.67. The Balaban J connectivity index is 1.25. The number of hydrogen-bond donors (Lipinski definition) is 2. The minimum atomic E-state index is -4.55. The lowest BCUT2D eigenvalue weighted by Gasteiger charge is -2.28. The highest BCUT2D eigenvalue weighted by Crippen LogP contribution is 2.32. The number of rotatable bonds is 6. The molecule has 0 aliphatic carbocycles. The van der Waals surface area contributed by atoms with E-state index in [2.05, 4.69) is 20.7 Å². The molecule has 0 radical (unpaired) electrons. The predicted molar refractivity (Wildman–Crippen MR) is 138 cm³/mol. The Morgan fingerprint density at radius 2 is 1.93 bits per heavy atom. The molecule has 2 atom stereocenters. The van der Waals surface area contributed by atoms with Gasteiger partial charge in [0.25, 0.3) is 5.91 Å². The van der Waals surface area contributed by atoms with Crippen LogP contribution in [-0.4, -0.2) is 55.6 Å². The number of aryl methyl sites for hydroxylation is 1. The van der Waals surface area contributed by atoms with E-state index in [9.17, 15) is 27.6 Å². The van der Waals surface area contributed by atoms with Gasteiger partial charge >= 0.3 is 6.18 Å². The number of carbonyl (C=O) groups is 3. The maximum Gasteiger partial charge on any atom is 0.417 e. The van der Waals surface area contributed by atoms with Crippen molar-refractivity contribution >= 4 is 23.5 Å². The van der Waals surface area contributed by atoms with Crippen LogP contribution in [0.3, 0.4) is 0 Å². The summed E-state index contributed by atoms with van der Waals surface area (Å²) in [7, 11) is 1.53. The Morgan fingerprint density at radius 1 is 1.15 bits per heavy atom. The van der Waals surface area contributed by atoms with Crippen LogP contribution in [0.1, 0.15) is 42.5 Å². The van der Waals surface area contributed by atoms with Gasteiger partial charge in [0, 0.05) is 63.0 Å². The number of alkyl halides is 3. The molecule has 4 heterocycles. The SMILES string of the molecule is C[C@H](CC(=O)Nc1cc(-c2cncc(C(F)(F)F)c2)nn1C)C(=O)N[C@@H]1C(=O)N2CCCN2Cc2ccccc21. The Kier molecular flexibility index (Phi) is 7.32. The number of aromatic nitrogens is 3. The van der Waals surface area contributed by atoms with Crippen molar-refractivity contribution in [1.29, 1.82) is 0 Å². The lowest BCUT2D eigenvalue weighted by molar-refractivity contribution is -0.148. The van der Waals surface area contributed by atoms with Gasteiger partial charge in [-0.3, -0.25) is 29.1 Å². The first-order valence-corrected chi connectivity index (χ1v) is 12.8. The first-order valence-electron chi connectivity index (χ1n) is 12.8. The molecule has 1 saturated heterocycles. The first kappa shape index (κ1) is 27.3. The topological polar surface area (TPSA) is 112 Å². The molecule has 5 rings (SSSR count). The molecule has 0 bridgehead atoms. The molecular weight excluding hydrogens is 527 g/mol. The van der Waals surface area contributed by atoms with Crippen LogP contribution >= 0.6 is 0 Å². The van der Waals surface area contributed by atoms with Crippen molar-refractivity contribution in [3.8, 4) is 11.3 Å². The maximum absolute atomic E-state index is 13.4. The summed E-state index contributed by atoms with van der Waals surface area (Å²) in [6.07, 6.45) is -1.91. The number of hydrazine groups is 1. The summed E-state index contributed by atoms with van der Waals surface area (Å²) in [6.45, 7) is 3.51. The predicted octanol–water partition coefficient (Wildman–Crippen LogP) is 3.29. The molecule has 40 heavy (non-hydrogen) atoms. The summed E-state index contributed by atoms with van der Waals surface area (Å²) in [5.41, 5.74) is 1.12. The third-order valence-electron chi connectivity index (χ3n) is 7.08. The van der Waals surface area contributed by atoms with Crippen LogP contribution in [0.2, 0.25) is 0 Å². The molecule has 0 saturated carbocycles. The largest absolute Gasteiger partial charge is 0.417 e. The van der Waals surface area contributed by atoms with Crippen molar-refractivity contribution in [1.82, 2.24) is 30.1 Å². The average molecular weight is 556 g/mol. The van der Waals surface area contributed by atoms with Crippen molar-refractivity contribution in [3.63, 3.8) is 0 Å². The van der Waals surface area contributed by atoms with E-state index in [0.29, 0.717) is 13.1 Å². The third-order valence-corrected chi connectivity index (χ3v) is 7.08. The zero-order valence-electron chi connectivity index (χ0n) is 21.9. The van der Waals surface area contributed by atoms with Gasteiger partial charge in [-0.25, -0.2) is 5.01 Å². The number of pyridine rings is 1. The van der Waals surface area contributed by atoms with Gasteiger partial charge < -0.3 is 10.6 Å². The molecule has 10 nitrogen and oxygen atoms in total. The van der Waals surface area contributed by atoms with Gasteiger partial charge in [0.2, 0.25) is 11.8 Å². The van der Waals surface area contributed by atoms with Crippen molar-refractivity contribution in [3.05, 3.63) is 65.5 Å². The van der Waals surface area contributed by atoms with E-state index in [1.807, 2.05) is 29.3 Å². The number of nitrogens with one attached hydrogen (secondary N) is 2. The maximum atomic E-state index is 13.4. The standard InChI is InChI=1S/C27H28F3N7O3/c1-16(25(39)33-24-20-7-4-3-6-17(20)15-36-8-5-9-37(36)26(24)40)10-23(38)32-22-12-21(34-35(22)2)18-11-19(14-31-13-18)27(28,29)30/h3-4,6-7,11-14,16,24H,5,8-10,15H2,1-2H3,(H,32,38)(H,33,39)/t16-,24+/m1/s1. The van der Waals surface area contributed by atoms with E-state index in [4.69, 9.17) is 0 Å². The molecule has 2 aromatic heterocycles. The van der Waals surface area contributed by atoms with E-state index in [1.54, 1.807) is 11.9 Å². The number of carbonyl (C=O) groups excluding carboxylic acids is 3. The second kappa shape index (κ2) is 10.7. The van der Waals surface area contributed by atoms with Crippen LogP contribution in [-0.2, 0) is 34.2 Å². The minimum absolute atomic E-state index is 0.142. The van der Waals surface area contributed by atoms with Crippen LogP contribution in [0.25, 0.3) is 11.3 Å². The van der Waals surface area contributed by atoms with Crippen LogP contribution in [0.15, 0.2) is 48.8 Å². The number of nitrogens with zero attached hydrogens (tertiary/aromatic N) is 5. The molecule has 3 aromatic rings. The normalized spacial score (nSPS) is 18.1. The van der Waals surface area contributed by atoms with E-state index < -0.39 is 35.5 Å². The molecule has 1 fully saturated rings. The molecule has 3 amide bonds. The Morgan fingerprint density at radius 3 is 2.70 bits per heavy atom. The van der Waals surface area contributed by atoms with Gasteiger partial charge in [-0.2, -0.15) is 18.3 Å². The van der Waals surface area contributed by atoms with E-state index in [1.165, 1.54) is 24.0 Å². The average Bonchev–Trinajstić information content (AvgIpc) is 3.50. The van der Waals surface area contributed by atoms with Gasteiger partial charge in [0.1, 0.15) is 11.9 Å². The lowest BCUT2D eigenvalue weighted by atomic mass is 9.98. The van der Waals surface area contributed by atoms with Gasteiger partial charge in [-0.15, -0.1) is 0 Å². The summed E-state index contributed by atoms with van der Waals surface area (Å²) in [4.78, 5) is 42.9. The number of halogens is 3. The molecule has 210 valence electrons. The number of anilines is 1. The Bertz CT molecular complexity index is 1460. The lowest BCUT2D eigenvalue weighted by Crippen LogP contribution is -2.46. The fourth-order valence-electron chi connectivity index (χ4n) is 4.97. The number of hydrogen-bond acceptors (Lipinski definition) is 6. The van der Waals surface area contributed by atoms with Crippen molar-refractivity contribution in [2.45, 2.75) is 38.5 Å². The van der Waals surface area contributed by atoms with Crippen molar-refractivity contribution in [2.75, 3.05) is 18.4 Å². The molecule has 0 unspecified atom stereocenters. The molecular formula is C27H28F3N7O3. The molecule has 0 spiro atoms. The van der Waals surface area contributed by atoms with Crippen LogP contribution in [0, 0.1) is 5.92 Å². The van der Waals surface area contributed by atoms with Gasteiger partial charge in [-0.05, 0) is 23.6 Å². The number of fused-ring (bicyclic) bond motifs is 2. The zero-order chi connectivity index (χ0) is 28.6. The molecule has 13 heteroatoms. The molecule has 2 aliphatic rings. The number of amides is 3. The van der Waals surface area contributed by atoms with Gasteiger partial charge in [-0.1, -0.05) is 31.2 Å². The minimum Gasteiger partial charge on any atom is -0.340 e. The monoisotopic (exact) mass is 555 g/mol. The quantitative estimate of drug-likeness (QED) is 0.483. The van der Waals surface area contributed by atoms with E-state index >= 15 is 0 Å². The second-order valence-electron chi connectivity index (χ2n) is 10.00. The van der Waals surface area contributed by atoms with Crippen molar-refractivity contribution in [2.24, 2.45) is 13.0 Å². The molecule has 1 aromatic carbocycles. The highest BCUT2D eigenvalue weighted by molar-refractivity contribution is 5.95. The smallest absolute Gasteiger partial charge is 0.340 e. The fraction of sp³-hybridized carbons (Fsp3) is 0.370. The zero-order valence-corrected chi connectivity index (χ0v) is 21.9. The van der Waals surface area contributed by atoms with Crippen LogP contribution in [0.5, 0.6) is 0 Å². The first-order chi connectivity index (χ1) is 19.0. The van der Waals surface area contributed by atoms with Gasteiger partial charge in [0.05, 0.1) is 11.3 Å². The Hall–Kier alpha value is -4.26. The second-order valence-corrected chi connectivity index (χ2v) is 10.00. The summed E-state index contributed by atoms with van der Waals surface area (Å²) < 4.78 is 40.5. The summed E-state index contributed by atoms with van der Waals surface area (Å²) in [6, 6.07) is 9.00. The van der Waals surface area contributed by atoms with E-state index in [-0.39, 0.29) is 29.4 Å².